The predicted molar refractivity (Wildman–Crippen MR) is 199 cm³/mol. The highest BCUT2D eigenvalue weighted by Crippen LogP contribution is 2.48. The first-order valence-electron chi connectivity index (χ1n) is 17.7. The van der Waals surface area contributed by atoms with Gasteiger partial charge in [0.25, 0.3) is 0 Å². The van der Waals surface area contributed by atoms with Crippen molar-refractivity contribution in [1.82, 2.24) is 19.8 Å². The first-order chi connectivity index (χ1) is 24.6. The van der Waals surface area contributed by atoms with Gasteiger partial charge in [-0.1, -0.05) is 35.9 Å². The Morgan fingerprint density at radius 3 is 2.54 bits per heavy atom. The van der Waals surface area contributed by atoms with Crippen LogP contribution in [0.4, 0.5) is 15.0 Å². The number of piperazine rings is 1. The summed E-state index contributed by atoms with van der Waals surface area (Å²) < 4.78 is 40.3. The van der Waals surface area contributed by atoms with Gasteiger partial charge in [-0.05, 0) is 95.6 Å². The SMILES string of the molecule is COCOc1cc(-c2c(Cl)cc3c(N4CC5CC(O)C(C)(C4)N5C(=O)OC(C)(C)C)nc(OCC4(CN(C)C)CC4)nc3c2F)c2ccccc2c1. The molecule has 278 valence electrons. The van der Waals surface area contributed by atoms with Crippen LogP contribution in [0.25, 0.3) is 32.8 Å². The summed E-state index contributed by atoms with van der Waals surface area (Å²) >= 11 is 7.05. The molecule has 1 amide bonds. The molecule has 0 spiro atoms. The molecule has 3 heterocycles. The number of fused-ring (bicyclic) bond motifs is 4. The van der Waals surface area contributed by atoms with E-state index in [9.17, 15) is 9.90 Å². The summed E-state index contributed by atoms with van der Waals surface area (Å²) in [6.45, 7) is 9.10. The van der Waals surface area contributed by atoms with Crippen LogP contribution < -0.4 is 14.4 Å². The number of anilines is 1. The number of aromatic nitrogens is 2. The van der Waals surface area contributed by atoms with Crippen molar-refractivity contribution in [2.45, 2.75) is 70.2 Å². The Kier molecular flexibility index (Phi) is 9.42. The topological polar surface area (TPSA) is 110 Å². The van der Waals surface area contributed by atoms with E-state index in [-0.39, 0.29) is 46.9 Å². The average molecular weight is 736 g/mol. The number of aliphatic hydroxyl groups excluding tert-OH is 1. The molecule has 1 aliphatic carbocycles. The van der Waals surface area contributed by atoms with Crippen LogP contribution in [0.15, 0.2) is 42.5 Å². The van der Waals surface area contributed by atoms with Gasteiger partial charge < -0.3 is 33.9 Å². The molecule has 3 atom stereocenters. The Morgan fingerprint density at radius 1 is 1.12 bits per heavy atom. The monoisotopic (exact) mass is 735 g/mol. The van der Waals surface area contributed by atoms with Crippen LogP contribution in [0, 0.1) is 11.2 Å². The first kappa shape index (κ1) is 36.4. The van der Waals surface area contributed by atoms with Crippen molar-refractivity contribution >= 4 is 45.2 Å². The Hall–Kier alpha value is -3.97. The van der Waals surface area contributed by atoms with Crippen molar-refractivity contribution in [2.75, 3.05) is 59.1 Å². The number of halogens is 2. The quantitative estimate of drug-likeness (QED) is 0.173. The van der Waals surface area contributed by atoms with Gasteiger partial charge in [0.1, 0.15) is 22.7 Å². The van der Waals surface area contributed by atoms with E-state index in [1.54, 1.807) is 17.0 Å². The summed E-state index contributed by atoms with van der Waals surface area (Å²) in [5, 5.41) is 13.5. The number of benzene rings is 3. The molecule has 2 aliphatic heterocycles. The second kappa shape index (κ2) is 13.5. The Balaban J connectivity index is 1.35. The molecule has 1 N–H and O–H groups in total. The minimum absolute atomic E-state index is 0.0219. The third-order valence-corrected chi connectivity index (χ3v) is 10.7. The van der Waals surface area contributed by atoms with Gasteiger partial charge in [0.2, 0.25) is 0 Å². The lowest BCUT2D eigenvalue weighted by Crippen LogP contribution is -2.65. The van der Waals surface area contributed by atoms with Crippen LogP contribution in [-0.2, 0) is 9.47 Å². The van der Waals surface area contributed by atoms with Gasteiger partial charge in [-0.25, -0.2) is 9.18 Å². The molecule has 0 radical (unpaired) electrons. The van der Waals surface area contributed by atoms with E-state index in [1.807, 2.05) is 77.0 Å². The van der Waals surface area contributed by atoms with Crippen molar-refractivity contribution in [3.63, 3.8) is 0 Å². The van der Waals surface area contributed by atoms with Gasteiger partial charge in [0.05, 0.1) is 29.3 Å². The fourth-order valence-electron chi connectivity index (χ4n) is 7.89. The molecule has 7 rings (SSSR count). The minimum Gasteiger partial charge on any atom is -0.468 e. The van der Waals surface area contributed by atoms with Crippen molar-refractivity contribution in [3.8, 4) is 22.9 Å². The number of ether oxygens (including phenoxy) is 4. The van der Waals surface area contributed by atoms with Crippen molar-refractivity contribution < 1.29 is 33.2 Å². The van der Waals surface area contributed by atoms with Gasteiger partial charge in [-0.2, -0.15) is 9.97 Å². The largest absolute Gasteiger partial charge is 0.468 e. The highest BCUT2D eigenvalue weighted by Gasteiger charge is 2.57. The lowest BCUT2D eigenvalue weighted by Gasteiger charge is -2.48. The maximum Gasteiger partial charge on any atom is 0.411 e. The average Bonchev–Trinajstić information content (AvgIpc) is 3.80. The van der Waals surface area contributed by atoms with Gasteiger partial charge in [0.15, 0.2) is 12.6 Å². The summed E-state index contributed by atoms with van der Waals surface area (Å²) in [6.07, 6.45) is 1.09. The van der Waals surface area contributed by atoms with E-state index >= 15 is 4.39 Å². The summed E-state index contributed by atoms with van der Waals surface area (Å²) in [5.74, 6) is 0.293. The number of aliphatic hydroxyl groups is 1. The number of amides is 1. The standard InChI is InChI=1S/C39H47ClFN5O6/c1-37(2,3)52-36(48)46-24-15-30(47)38(46,4)19-45(18-24)34-28-17-29(40)31(27-16-25(51-22-49-7)14-23-10-8-9-11-26(23)27)32(41)33(28)42-35(43-34)50-21-39(12-13-39)20-44(5)6/h8-11,14,16-17,24,30,47H,12-13,15,18-22H2,1-7H3. The fourth-order valence-corrected chi connectivity index (χ4v) is 8.19. The van der Waals surface area contributed by atoms with E-state index in [0.717, 1.165) is 30.2 Å². The summed E-state index contributed by atoms with van der Waals surface area (Å²) in [6, 6.07) is 12.6. The number of carbonyl (C=O) groups is 1. The molecule has 3 fully saturated rings. The van der Waals surface area contributed by atoms with Gasteiger partial charge in [-0.3, -0.25) is 4.90 Å². The first-order valence-corrected chi connectivity index (χ1v) is 18.1. The number of rotatable bonds is 10. The number of nitrogens with zero attached hydrogens (tertiary/aromatic N) is 5. The fraction of sp³-hybridized carbons (Fsp3) is 0.513. The van der Waals surface area contributed by atoms with Gasteiger partial charge in [0, 0.05) is 43.1 Å². The van der Waals surface area contributed by atoms with Gasteiger partial charge >= 0.3 is 12.1 Å². The molecule has 2 bridgehead atoms. The Labute approximate surface area is 308 Å². The summed E-state index contributed by atoms with van der Waals surface area (Å²) in [5.41, 5.74) is -0.967. The van der Waals surface area contributed by atoms with Crippen LogP contribution in [-0.4, -0.2) is 108 Å². The van der Waals surface area contributed by atoms with E-state index in [1.165, 1.54) is 7.11 Å². The Bertz CT molecular complexity index is 2020. The molecule has 4 aromatic rings. The maximum absolute atomic E-state index is 17.3. The van der Waals surface area contributed by atoms with Crippen molar-refractivity contribution in [1.29, 1.82) is 0 Å². The molecular formula is C39H47ClFN5O6. The summed E-state index contributed by atoms with van der Waals surface area (Å²) in [4.78, 5) is 28.9. The molecule has 1 saturated carbocycles. The minimum atomic E-state index is -1.00. The Morgan fingerprint density at radius 2 is 1.87 bits per heavy atom. The maximum atomic E-state index is 17.3. The molecule has 3 aliphatic rings. The molecule has 11 nitrogen and oxygen atoms in total. The molecule has 1 aromatic heterocycles. The van der Waals surface area contributed by atoms with Crippen molar-refractivity contribution in [2.24, 2.45) is 5.41 Å². The zero-order valence-electron chi connectivity index (χ0n) is 30.8. The highest BCUT2D eigenvalue weighted by molar-refractivity contribution is 6.35. The lowest BCUT2D eigenvalue weighted by atomic mass is 9.94. The molecule has 52 heavy (non-hydrogen) atoms. The second-order valence-corrected chi connectivity index (χ2v) is 16.4. The number of hydrogen-bond donors (Lipinski definition) is 1. The number of hydrogen-bond acceptors (Lipinski definition) is 10. The van der Waals surface area contributed by atoms with E-state index in [4.69, 9.17) is 40.5 Å². The van der Waals surface area contributed by atoms with Crippen molar-refractivity contribution in [3.05, 3.63) is 53.3 Å². The summed E-state index contributed by atoms with van der Waals surface area (Å²) in [7, 11) is 5.60. The molecule has 3 aromatic carbocycles. The smallest absolute Gasteiger partial charge is 0.411 e. The second-order valence-electron chi connectivity index (χ2n) is 16.0. The van der Waals surface area contributed by atoms with E-state index < -0.39 is 29.2 Å². The third kappa shape index (κ3) is 6.81. The van der Waals surface area contributed by atoms with Crippen LogP contribution in [0.1, 0.15) is 47.0 Å². The molecule has 3 unspecified atom stereocenters. The van der Waals surface area contributed by atoms with E-state index in [0.29, 0.717) is 42.1 Å². The zero-order valence-corrected chi connectivity index (χ0v) is 31.6. The molecular weight excluding hydrogens is 689 g/mol. The van der Waals surface area contributed by atoms with Crippen LogP contribution in [0.2, 0.25) is 5.02 Å². The lowest BCUT2D eigenvalue weighted by molar-refractivity contribution is -0.0195. The van der Waals surface area contributed by atoms with Gasteiger partial charge in [-0.15, -0.1) is 0 Å². The van der Waals surface area contributed by atoms with Crippen LogP contribution in [0.5, 0.6) is 11.8 Å². The zero-order chi connectivity index (χ0) is 37.2. The predicted octanol–water partition coefficient (Wildman–Crippen LogP) is 6.89. The van der Waals surface area contributed by atoms with Crippen LogP contribution >= 0.6 is 11.6 Å². The molecule has 2 saturated heterocycles. The van der Waals surface area contributed by atoms with Crippen LogP contribution in [0.3, 0.4) is 0 Å². The number of carbonyl (C=O) groups excluding carboxylic acids is 1. The molecule has 13 heteroatoms. The highest BCUT2D eigenvalue weighted by atomic mass is 35.5. The van der Waals surface area contributed by atoms with E-state index in [2.05, 4.69) is 4.90 Å². The number of methoxy groups -OCH3 is 1. The normalized spacial score (nSPS) is 22.4. The third-order valence-electron chi connectivity index (χ3n) is 10.4.